The second kappa shape index (κ2) is 5.56. The normalized spacial score (nSPS) is 10.5. The molecule has 1 N–H and O–H groups in total. The summed E-state index contributed by atoms with van der Waals surface area (Å²) in [6, 6.07) is 6.46. The molecule has 0 aliphatic rings. The molecule has 0 unspecified atom stereocenters. The van der Waals surface area contributed by atoms with E-state index in [-0.39, 0.29) is 17.1 Å². The molecule has 5 nitrogen and oxygen atoms in total. The maximum absolute atomic E-state index is 11.2. The first-order chi connectivity index (χ1) is 8.13. The second-order valence-corrected chi connectivity index (χ2v) is 3.06. The first-order valence-corrected chi connectivity index (χ1v) is 4.70. The van der Waals surface area contributed by atoms with E-state index in [4.69, 9.17) is 10.00 Å². The molecule has 1 rings (SSSR count). The zero-order valence-corrected chi connectivity index (χ0v) is 9.43. The van der Waals surface area contributed by atoms with Crippen molar-refractivity contribution in [2.45, 2.75) is 0 Å². The topological polar surface area (TPSA) is 79.6 Å². The van der Waals surface area contributed by atoms with Crippen LogP contribution < -0.4 is 4.74 Å². The van der Waals surface area contributed by atoms with Gasteiger partial charge in [0.05, 0.1) is 14.2 Å². The minimum absolute atomic E-state index is 0.133. The Bertz CT molecular complexity index is 500. The van der Waals surface area contributed by atoms with E-state index in [0.29, 0.717) is 5.56 Å². The van der Waals surface area contributed by atoms with E-state index in [0.717, 1.165) is 0 Å². The number of phenolic OH excluding ortho intramolecular Hbond substituents is 1. The smallest absolute Gasteiger partial charge is 0.348 e. The SMILES string of the molecule is COC(=O)/C(C#N)=C\c1cccc(OC)c1O. The minimum atomic E-state index is -0.755. The van der Waals surface area contributed by atoms with Crippen LogP contribution in [0.15, 0.2) is 23.8 Å². The summed E-state index contributed by atoms with van der Waals surface area (Å²) in [6.07, 6.45) is 1.24. The van der Waals surface area contributed by atoms with Crippen molar-refractivity contribution in [2.75, 3.05) is 14.2 Å². The van der Waals surface area contributed by atoms with Gasteiger partial charge in [-0.25, -0.2) is 4.79 Å². The highest BCUT2D eigenvalue weighted by Gasteiger charge is 2.11. The highest BCUT2D eigenvalue weighted by Crippen LogP contribution is 2.30. The van der Waals surface area contributed by atoms with Gasteiger partial charge in [-0.3, -0.25) is 0 Å². The van der Waals surface area contributed by atoms with E-state index in [1.165, 1.54) is 20.3 Å². The van der Waals surface area contributed by atoms with E-state index in [1.54, 1.807) is 24.3 Å². The van der Waals surface area contributed by atoms with Gasteiger partial charge in [-0.1, -0.05) is 12.1 Å². The number of hydrogen-bond acceptors (Lipinski definition) is 5. The molecule has 0 radical (unpaired) electrons. The summed E-state index contributed by atoms with van der Waals surface area (Å²) < 4.78 is 9.34. The van der Waals surface area contributed by atoms with E-state index >= 15 is 0 Å². The fourth-order valence-electron chi connectivity index (χ4n) is 1.22. The average Bonchev–Trinajstić information content (AvgIpc) is 2.36. The minimum Gasteiger partial charge on any atom is -0.504 e. The van der Waals surface area contributed by atoms with E-state index in [9.17, 15) is 9.90 Å². The third-order valence-electron chi connectivity index (χ3n) is 2.08. The number of nitriles is 1. The van der Waals surface area contributed by atoms with Gasteiger partial charge in [0.1, 0.15) is 11.6 Å². The van der Waals surface area contributed by atoms with Crippen molar-refractivity contribution in [3.05, 3.63) is 29.3 Å². The Balaban J connectivity index is 3.22. The second-order valence-electron chi connectivity index (χ2n) is 3.06. The predicted octanol–water partition coefficient (Wildman–Crippen LogP) is 1.48. The fourth-order valence-corrected chi connectivity index (χ4v) is 1.22. The number of ether oxygens (including phenoxy) is 2. The molecule has 5 heteroatoms. The molecule has 0 aliphatic carbocycles. The van der Waals surface area contributed by atoms with Crippen LogP contribution in [0.25, 0.3) is 6.08 Å². The third-order valence-corrected chi connectivity index (χ3v) is 2.08. The molecule has 1 aromatic carbocycles. The molecule has 0 aromatic heterocycles. The summed E-state index contributed by atoms with van der Waals surface area (Å²) in [5, 5.41) is 18.5. The number of hydrogen-bond donors (Lipinski definition) is 1. The molecule has 0 saturated heterocycles. The summed E-state index contributed by atoms with van der Waals surface area (Å²) >= 11 is 0. The van der Waals surface area contributed by atoms with Crippen LogP contribution in [0.3, 0.4) is 0 Å². The van der Waals surface area contributed by atoms with Crippen molar-refractivity contribution >= 4 is 12.0 Å². The van der Waals surface area contributed by atoms with Crippen molar-refractivity contribution in [3.8, 4) is 17.6 Å². The third kappa shape index (κ3) is 2.75. The molecule has 1 aromatic rings. The lowest BCUT2D eigenvalue weighted by Gasteiger charge is -2.05. The summed E-state index contributed by atoms with van der Waals surface area (Å²) in [7, 11) is 2.59. The van der Waals surface area contributed by atoms with Crippen LogP contribution in [0.4, 0.5) is 0 Å². The van der Waals surface area contributed by atoms with Crippen molar-refractivity contribution in [3.63, 3.8) is 0 Å². The van der Waals surface area contributed by atoms with Crippen LogP contribution in [0.2, 0.25) is 0 Å². The van der Waals surface area contributed by atoms with Gasteiger partial charge in [-0.2, -0.15) is 5.26 Å². The molecule has 0 fully saturated rings. The number of methoxy groups -OCH3 is 2. The molecule has 88 valence electrons. The Morgan fingerprint density at radius 1 is 1.47 bits per heavy atom. The van der Waals surface area contributed by atoms with Crippen molar-refractivity contribution in [2.24, 2.45) is 0 Å². The van der Waals surface area contributed by atoms with Gasteiger partial charge in [0.15, 0.2) is 11.5 Å². The Morgan fingerprint density at radius 2 is 2.18 bits per heavy atom. The van der Waals surface area contributed by atoms with Gasteiger partial charge in [-0.05, 0) is 12.1 Å². The van der Waals surface area contributed by atoms with Crippen LogP contribution in [0.1, 0.15) is 5.56 Å². The van der Waals surface area contributed by atoms with Crippen LogP contribution in [0, 0.1) is 11.3 Å². The number of carbonyl (C=O) groups excluding carboxylic acids is 1. The number of nitrogens with zero attached hydrogens (tertiary/aromatic N) is 1. The lowest BCUT2D eigenvalue weighted by Crippen LogP contribution is -2.02. The highest BCUT2D eigenvalue weighted by molar-refractivity contribution is 5.98. The Hall–Kier alpha value is -2.48. The monoisotopic (exact) mass is 233 g/mol. The standard InChI is InChI=1S/C12H11NO4/c1-16-10-5-3-4-8(11(10)14)6-9(7-13)12(15)17-2/h3-6,14H,1-2H3/b9-6-. The van der Waals surface area contributed by atoms with Crippen LogP contribution in [-0.4, -0.2) is 25.3 Å². The Morgan fingerprint density at radius 3 is 2.71 bits per heavy atom. The number of esters is 1. The first kappa shape index (κ1) is 12.6. The van der Waals surface area contributed by atoms with Gasteiger partial charge < -0.3 is 14.6 Å². The molecule has 17 heavy (non-hydrogen) atoms. The summed E-state index contributed by atoms with van der Waals surface area (Å²) in [5.74, 6) is -0.623. The van der Waals surface area contributed by atoms with Gasteiger partial charge in [-0.15, -0.1) is 0 Å². The average molecular weight is 233 g/mol. The maximum atomic E-state index is 11.2. The van der Waals surface area contributed by atoms with Gasteiger partial charge in [0, 0.05) is 5.56 Å². The molecule has 0 heterocycles. The molecule has 0 bridgehead atoms. The lowest BCUT2D eigenvalue weighted by atomic mass is 10.1. The zero-order valence-electron chi connectivity index (χ0n) is 9.43. The molecule has 0 atom stereocenters. The number of benzene rings is 1. The largest absolute Gasteiger partial charge is 0.504 e. The number of rotatable bonds is 3. The summed E-state index contributed by atoms with van der Waals surface area (Å²) in [6.45, 7) is 0. The maximum Gasteiger partial charge on any atom is 0.348 e. The molecule has 0 amide bonds. The van der Waals surface area contributed by atoms with Gasteiger partial charge in [0.25, 0.3) is 0 Å². The summed E-state index contributed by atoms with van der Waals surface area (Å²) in [5.41, 5.74) is 0.113. The quantitative estimate of drug-likeness (QED) is 0.486. The number of phenols is 1. The van der Waals surface area contributed by atoms with E-state index in [1.807, 2.05) is 0 Å². The predicted molar refractivity (Wildman–Crippen MR) is 60.3 cm³/mol. The van der Waals surface area contributed by atoms with E-state index in [2.05, 4.69) is 4.74 Å². The highest BCUT2D eigenvalue weighted by atomic mass is 16.5. The number of para-hydroxylation sites is 1. The van der Waals surface area contributed by atoms with Crippen molar-refractivity contribution in [1.82, 2.24) is 0 Å². The number of carbonyl (C=O) groups is 1. The Labute approximate surface area is 98.5 Å². The lowest BCUT2D eigenvalue weighted by molar-refractivity contribution is -0.135. The van der Waals surface area contributed by atoms with E-state index < -0.39 is 5.97 Å². The number of aromatic hydroxyl groups is 1. The van der Waals surface area contributed by atoms with Gasteiger partial charge in [0.2, 0.25) is 0 Å². The zero-order chi connectivity index (χ0) is 12.8. The first-order valence-electron chi connectivity index (χ1n) is 4.70. The fraction of sp³-hybridized carbons (Fsp3) is 0.167. The van der Waals surface area contributed by atoms with Gasteiger partial charge >= 0.3 is 5.97 Å². The molecular weight excluding hydrogens is 222 g/mol. The van der Waals surface area contributed by atoms with Crippen LogP contribution in [-0.2, 0) is 9.53 Å². The Kier molecular flexibility index (Phi) is 4.12. The van der Waals surface area contributed by atoms with Crippen molar-refractivity contribution in [1.29, 1.82) is 5.26 Å². The summed E-state index contributed by atoms with van der Waals surface area (Å²) in [4.78, 5) is 11.2. The molecule has 0 aliphatic heterocycles. The molecular formula is C12H11NO4. The van der Waals surface area contributed by atoms with Crippen LogP contribution in [0.5, 0.6) is 11.5 Å². The van der Waals surface area contributed by atoms with Crippen molar-refractivity contribution < 1.29 is 19.4 Å². The van der Waals surface area contributed by atoms with Crippen LogP contribution >= 0.6 is 0 Å². The molecule has 0 spiro atoms. The molecule has 0 saturated carbocycles.